The zero-order chi connectivity index (χ0) is 13.5. The molecule has 0 radical (unpaired) electrons. The van der Waals surface area contributed by atoms with Gasteiger partial charge in [0, 0.05) is 24.7 Å². The number of hydrogen-bond acceptors (Lipinski definition) is 3. The van der Waals surface area contributed by atoms with Gasteiger partial charge in [0.1, 0.15) is 11.3 Å². The van der Waals surface area contributed by atoms with Crippen LogP contribution in [0.15, 0.2) is 39.7 Å². The topological polar surface area (TPSA) is 49.6 Å². The largest absolute Gasteiger partial charge is 0.459 e. The highest BCUT2D eigenvalue weighted by Gasteiger charge is 2.03. The van der Waals surface area contributed by atoms with E-state index in [0.717, 1.165) is 35.0 Å². The quantitative estimate of drug-likeness (QED) is 0.348. The number of aliphatic imine (C=N–C) groups is 1. The lowest BCUT2D eigenvalue weighted by Gasteiger charge is -2.09. The van der Waals surface area contributed by atoms with Crippen LogP contribution >= 0.6 is 35.7 Å². The van der Waals surface area contributed by atoms with Crippen LogP contribution in [0.25, 0.3) is 11.0 Å². The normalized spacial score (nSPS) is 11.2. The molecule has 0 saturated heterocycles. The maximum atomic E-state index is 5.74. The van der Waals surface area contributed by atoms with Crippen LogP contribution < -0.4 is 10.6 Å². The predicted molar refractivity (Wildman–Crippen MR) is 98.2 cm³/mol. The first-order valence-corrected chi connectivity index (χ1v) is 7.64. The molecule has 0 aliphatic heterocycles. The van der Waals surface area contributed by atoms with Crippen LogP contribution in [0.4, 0.5) is 0 Å². The summed E-state index contributed by atoms with van der Waals surface area (Å²) >= 11 is 1.81. The number of thioether (sulfide) groups is 1. The highest BCUT2D eigenvalue weighted by atomic mass is 127. The van der Waals surface area contributed by atoms with E-state index in [1.54, 1.807) is 7.05 Å². The lowest BCUT2D eigenvalue weighted by Crippen LogP contribution is -2.37. The molecule has 0 aliphatic rings. The predicted octanol–water partition coefficient (Wildman–Crippen LogP) is 3.08. The number of nitrogens with one attached hydrogen (secondary N) is 2. The van der Waals surface area contributed by atoms with Gasteiger partial charge in [-0.1, -0.05) is 18.2 Å². The van der Waals surface area contributed by atoms with Crippen molar-refractivity contribution in [2.75, 3.05) is 25.6 Å². The first kappa shape index (κ1) is 17.2. The zero-order valence-corrected chi connectivity index (χ0v) is 14.8. The zero-order valence-electron chi connectivity index (χ0n) is 11.7. The average molecular weight is 405 g/mol. The molecule has 0 amide bonds. The third kappa shape index (κ3) is 4.90. The molecule has 0 fully saturated rings. The van der Waals surface area contributed by atoms with Crippen LogP contribution in [-0.2, 0) is 6.54 Å². The molecule has 0 bridgehead atoms. The third-order valence-corrected chi connectivity index (χ3v) is 3.34. The van der Waals surface area contributed by atoms with E-state index in [4.69, 9.17) is 4.42 Å². The maximum Gasteiger partial charge on any atom is 0.191 e. The molecule has 0 aliphatic carbocycles. The van der Waals surface area contributed by atoms with Crippen LogP contribution in [-0.4, -0.2) is 31.6 Å². The molecule has 2 N–H and O–H groups in total. The molecular formula is C14H20IN3OS. The van der Waals surface area contributed by atoms with E-state index in [0.29, 0.717) is 6.54 Å². The Balaban J connectivity index is 0.00000200. The van der Waals surface area contributed by atoms with Gasteiger partial charge < -0.3 is 15.1 Å². The van der Waals surface area contributed by atoms with Gasteiger partial charge in [-0.2, -0.15) is 11.8 Å². The van der Waals surface area contributed by atoms with Crippen LogP contribution in [0.1, 0.15) is 5.76 Å². The second kappa shape index (κ2) is 9.12. The number of guanidine groups is 1. The van der Waals surface area contributed by atoms with Crippen molar-refractivity contribution in [1.82, 2.24) is 10.6 Å². The standard InChI is InChI=1S/C14H19N3OS.HI/c1-15-14(16-7-8-19-2)17-10-12-9-11-5-3-4-6-13(11)18-12;/h3-6,9H,7-8,10H2,1-2H3,(H2,15,16,17);1H. The Kier molecular flexibility index (Phi) is 7.83. The molecule has 6 heteroatoms. The van der Waals surface area contributed by atoms with Crippen molar-refractivity contribution in [1.29, 1.82) is 0 Å². The second-order valence-electron chi connectivity index (χ2n) is 4.10. The molecule has 0 unspecified atom stereocenters. The molecular weight excluding hydrogens is 385 g/mol. The molecule has 1 aromatic heterocycles. The Morgan fingerprint density at radius 1 is 1.30 bits per heavy atom. The van der Waals surface area contributed by atoms with Gasteiger partial charge in [-0.25, -0.2) is 0 Å². The lowest BCUT2D eigenvalue weighted by atomic mass is 10.2. The Labute approximate surface area is 140 Å². The van der Waals surface area contributed by atoms with Crippen molar-refractivity contribution in [2.45, 2.75) is 6.54 Å². The Morgan fingerprint density at radius 2 is 2.10 bits per heavy atom. The fourth-order valence-electron chi connectivity index (χ4n) is 1.79. The maximum absolute atomic E-state index is 5.74. The number of furan rings is 1. The van der Waals surface area contributed by atoms with E-state index >= 15 is 0 Å². The van der Waals surface area contributed by atoms with Crippen molar-refractivity contribution in [3.05, 3.63) is 36.1 Å². The summed E-state index contributed by atoms with van der Waals surface area (Å²) in [4.78, 5) is 4.17. The molecule has 1 aromatic carbocycles. The molecule has 1 heterocycles. The first-order chi connectivity index (χ1) is 9.33. The summed E-state index contributed by atoms with van der Waals surface area (Å²) in [6.45, 7) is 1.54. The summed E-state index contributed by atoms with van der Waals surface area (Å²) < 4.78 is 5.74. The Bertz CT molecular complexity index is 523. The number of fused-ring (bicyclic) bond motifs is 1. The number of benzene rings is 1. The summed E-state index contributed by atoms with van der Waals surface area (Å²) in [6.07, 6.45) is 2.09. The van der Waals surface area contributed by atoms with Crippen molar-refractivity contribution in [2.24, 2.45) is 4.99 Å². The monoisotopic (exact) mass is 405 g/mol. The van der Waals surface area contributed by atoms with Gasteiger partial charge in [0.05, 0.1) is 6.54 Å². The molecule has 0 saturated carbocycles. The number of nitrogens with zero attached hydrogens (tertiary/aromatic N) is 1. The third-order valence-electron chi connectivity index (χ3n) is 2.73. The van der Waals surface area contributed by atoms with Crippen LogP contribution in [0.3, 0.4) is 0 Å². The highest BCUT2D eigenvalue weighted by molar-refractivity contribution is 14.0. The van der Waals surface area contributed by atoms with Crippen molar-refractivity contribution in [3.63, 3.8) is 0 Å². The van der Waals surface area contributed by atoms with Crippen LogP contribution in [0.2, 0.25) is 0 Å². The molecule has 20 heavy (non-hydrogen) atoms. The van der Waals surface area contributed by atoms with Crippen LogP contribution in [0.5, 0.6) is 0 Å². The van der Waals surface area contributed by atoms with Gasteiger partial charge >= 0.3 is 0 Å². The highest BCUT2D eigenvalue weighted by Crippen LogP contribution is 2.18. The number of halogens is 1. The minimum absolute atomic E-state index is 0. The van der Waals surface area contributed by atoms with Gasteiger partial charge in [-0.3, -0.25) is 4.99 Å². The first-order valence-electron chi connectivity index (χ1n) is 6.24. The van der Waals surface area contributed by atoms with Gasteiger partial charge in [-0.15, -0.1) is 24.0 Å². The van der Waals surface area contributed by atoms with Gasteiger partial charge in [0.2, 0.25) is 0 Å². The summed E-state index contributed by atoms with van der Waals surface area (Å²) in [5.41, 5.74) is 0.921. The summed E-state index contributed by atoms with van der Waals surface area (Å²) in [5, 5.41) is 7.62. The van der Waals surface area contributed by atoms with Gasteiger partial charge in [0.15, 0.2) is 5.96 Å². The van der Waals surface area contributed by atoms with Crippen molar-refractivity contribution >= 4 is 52.7 Å². The summed E-state index contributed by atoms with van der Waals surface area (Å²) in [5.74, 6) is 2.77. The van der Waals surface area contributed by atoms with E-state index in [9.17, 15) is 0 Å². The molecule has 110 valence electrons. The molecule has 4 nitrogen and oxygen atoms in total. The van der Waals surface area contributed by atoms with Crippen molar-refractivity contribution < 1.29 is 4.42 Å². The molecule has 2 aromatic rings. The number of rotatable bonds is 5. The second-order valence-corrected chi connectivity index (χ2v) is 5.08. The average Bonchev–Trinajstić information content (AvgIpc) is 2.85. The van der Waals surface area contributed by atoms with E-state index in [2.05, 4.69) is 27.9 Å². The summed E-state index contributed by atoms with van der Waals surface area (Å²) in [6, 6.07) is 10.1. The fourth-order valence-corrected chi connectivity index (χ4v) is 2.09. The SMILES string of the molecule is CN=C(NCCSC)NCc1cc2ccccc2o1.I. The minimum atomic E-state index is 0. The van der Waals surface area contributed by atoms with Crippen molar-refractivity contribution in [3.8, 4) is 0 Å². The van der Waals surface area contributed by atoms with E-state index < -0.39 is 0 Å². The van der Waals surface area contributed by atoms with E-state index in [1.807, 2.05) is 36.0 Å². The number of hydrogen-bond donors (Lipinski definition) is 2. The summed E-state index contributed by atoms with van der Waals surface area (Å²) in [7, 11) is 1.77. The Morgan fingerprint density at radius 3 is 2.80 bits per heavy atom. The molecule has 2 rings (SSSR count). The van der Waals surface area contributed by atoms with Gasteiger partial charge in [0.25, 0.3) is 0 Å². The molecule has 0 atom stereocenters. The lowest BCUT2D eigenvalue weighted by molar-refractivity contribution is 0.539. The minimum Gasteiger partial charge on any atom is -0.459 e. The Hall–Kier alpha value is -0.890. The van der Waals surface area contributed by atoms with E-state index in [1.165, 1.54) is 0 Å². The van der Waals surface area contributed by atoms with E-state index in [-0.39, 0.29) is 24.0 Å². The van der Waals surface area contributed by atoms with Crippen LogP contribution in [0, 0.1) is 0 Å². The number of para-hydroxylation sites is 1. The fraction of sp³-hybridized carbons (Fsp3) is 0.357. The smallest absolute Gasteiger partial charge is 0.191 e. The van der Waals surface area contributed by atoms with Gasteiger partial charge in [-0.05, 0) is 18.4 Å². The molecule has 0 spiro atoms.